The van der Waals surface area contributed by atoms with Crippen molar-refractivity contribution in [2.75, 3.05) is 18.4 Å². The number of hydrogen-bond donors (Lipinski definition) is 1. The number of sulfonamides is 1. The van der Waals surface area contributed by atoms with Crippen LogP contribution in [0.4, 0.5) is 5.69 Å². The van der Waals surface area contributed by atoms with E-state index in [1.54, 1.807) is 36.4 Å². The predicted octanol–water partition coefficient (Wildman–Crippen LogP) is 3.32. The van der Waals surface area contributed by atoms with E-state index in [-0.39, 0.29) is 29.4 Å². The van der Waals surface area contributed by atoms with E-state index in [0.29, 0.717) is 23.8 Å². The summed E-state index contributed by atoms with van der Waals surface area (Å²) in [5, 5.41) is 3.39. The number of halogens is 1. The second kappa shape index (κ2) is 8.61. The summed E-state index contributed by atoms with van der Waals surface area (Å²) >= 11 is 5.84. The summed E-state index contributed by atoms with van der Waals surface area (Å²) in [7, 11) is -3.60. The highest BCUT2D eigenvalue weighted by molar-refractivity contribution is 7.89. The SMILES string of the molecule is C[C@@H]1CN(S(=O)(=O)c2ccc(NC(=O)Cc3ccc(Cl)cc3)cc2)C[C@@H](C)O1. The summed E-state index contributed by atoms with van der Waals surface area (Å²) in [4.78, 5) is 12.4. The third-order valence-corrected chi connectivity index (χ3v) is 6.54. The zero-order chi connectivity index (χ0) is 20.3. The van der Waals surface area contributed by atoms with E-state index in [1.165, 1.54) is 16.4 Å². The largest absolute Gasteiger partial charge is 0.373 e. The van der Waals surface area contributed by atoms with Crippen molar-refractivity contribution in [2.24, 2.45) is 0 Å². The Labute approximate surface area is 170 Å². The van der Waals surface area contributed by atoms with Crippen LogP contribution in [0.25, 0.3) is 0 Å². The molecule has 0 radical (unpaired) electrons. The number of anilines is 1. The average molecular weight is 423 g/mol. The second-order valence-corrected chi connectivity index (χ2v) is 9.33. The topological polar surface area (TPSA) is 75.7 Å². The molecular formula is C20H23ClN2O4S. The standard InChI is InChI=1S/C20H23ClN2O4S/c1-14-12-23(13-15(2)27-14)28(25,26)19-9-7-18(8-10-19)22-20(24)11-16-3-5-17(21)6-4-16/h3-10,14-15H,11-13H2,1-2H3,(H,22,24)/t14-,15-/m1/s1. The van der Waals surface area contributed by atoms with Crippen molar-refractivity contribution < 1.29 is 17.9 Å². The molecule has 2 aromatic rings. The molecule has 6 nitrogen and oxygen atoms in total. The number of morpholine rings is 1. The summed E-state index contributed by atoms with van der Waals surface area (Å²) in [6, 6.07) is 13.3. The lowest BCUT2D eigenvalue weighted by atomic mass is 10.1. The Morgan fingerprint density at radius 3 is 2.21 bits per heavy atom. The number of benzene rings is 2. The minimum atomic E-state index is -3.60. The van der Waals surface area contributed by atoms with E-state index in [4.69, 9.17) is 16.3 Å². The predicted molar refractivity (Wildman–Crippen MR) is 109 cm³/mol. The van der Waals surface area contributed by atoms with Crippen LogP contribution in [0.3, 0.4) is 0 Å². The van der Waals surface area contributed by atoms with Gasteiger partial charge in [0.1, 0.15) is 0 Å². The molecule has 0 aromatic heterocycles. The Kier molecular flexibility index (Phi) is 6.40. The first-order chi connectivity index (χ1) is 13.2. The molecule has 8 heteroatoms. The fourth-order valence-corrected chi connectivity index (χ4v) is 4.90. The molecule has 0 bridgehead atoms. The quantitative estimate of drug-likeness (QED) is 0.801. The highest BCUT2D eigenvalue weighted by atomic mass is 35.5. The molecule has 1 amide bonds. The fraction of sp³-hybridized carbons (Fsp3) is 0.350. The maximum Gasteiger partial charge on any atom is 0.243 e. The van der Waals surface area contributed by atoms with Crippen molar-refractivity contribution >= 4 is 33.2 Å². The van der Waals surface area contributed by atoms with Gasteiger partial charge in [0, 0.05) is 23.8 Å². The Balaban J connectivity index is 1.65. The van der Waals surface area contributed by atoms with Crippen LogP contribution >= 0.6 is 11.6 Å². The van der Waals surface area contributed by atoms with Crippen LogP contribution in [0.1, 0.15) is 19.4 Å². The zero-order valence-electron chi connectivity index (χ0n) is 15.8. The Bertz CT molecular complexity index is 920. The maximum atomic E-state index is 12.9. The first-order valence-electron chi connectivity index (χ1n) is 9.04. The molecule has 0 aliphatic carbocycles. The van der Waals surface area contributed by atoms with Crippen LogP contribution in [-0.4, -0.2) is 43.9 Å². The van der Waals surface area contributed by atoms with Gasteiger partial charge in [-0.05, 0) is 55.8 Å². The summed E-state index contributed by atoms with van der Waals surface area (Å²) in [6.07, 6.45) is -0.0873. The first-order valence-corrected chi connectivity index (χ1v) is 10.9. The number of carbonyl (C=O) groups excluding carboxylic acids is 1. The van der Waals surface area contributed by atoms with Gasteiger partial charge >= 0.3 is 0 Å². The molecule has 1 aliphatic rings. The van der Waals surface area contributed by atoms with Gasteiger partial charge in [-0.1, -0.05) is 23.7 Å². The van der Waals surface area contributed by atoms with Crippen LogP contribution in [0.2, 0.25) is 5.02 Å². The van der Waals surface area contributed by atoms with Crippen molar-refractivity contribution in [3.05, 3.63) is 59.1 Å². The molecule has 2 atom stereocenters. The zero-order valence-corrected chi connectivity index (χ0v) is 17.3. The Morgan fingerprint density at radius 2 is 1.64 bits per heavy atom. The normalized spacial score (nSPS) is 20.7. The third kappa shape index (κ3) is 5.11. The maximum absolute atomic E-state index is 12.9. The number of nitrogens with one attached hydrogen (secondary N) is 1. The van der Waals surface area contributed by atoms with Gasteiger partial charge in [0.05, 0.1) is 23.5 Å². The van der Waals surface area contributed by atoms with E-state index in [1.807, 2.05) is 13.8 Å². The van der Waals surface area contributed by atoms with Gasteiger partial charge in [-0.25, -0.2) is 8.42 Å². The van der Waals surface area contributed by atoms with E-state index in [0.717, 1.165) is 5.56 Å². The smallest absolute Gasteiger partial charge is 0.243 e. The minimum absolute atomic E-state index is 0.148. The van der Waals surface area contributed by atoms with Crippen LogP contribution in [0.5, 0.6) is 0 Å². The van der Waals surface area contributed by atoms with Crippen LogP contribution in [0, 0.1) is 0 Å². The minimum Gasteiger partial charge on any atom is -0.373 e. The fourth-order valence-electron chi connectivity index (χ4n) is 3.18. The van der Waals surface area contributed by atoms with Gasteiger partial charge in [-0.15, -0.1) is 0 Å². The molecule has 1 heterocycles. The molecule has 0 unspecified atom stereocenters. The highest BCUT2D eigenvalue weighted by Gasteiger charge is 2.32. The van der Waals surface area contributed by atoms with Crippen molar-refractivity contribution in [1.82, 2.24) is 4.31 Å². The molecule has 1 saturated heterocycles. The van der Waals surface area contributed by atoms with Crippen molar-refractivity contribution in [3.63, 3.8) is 0 Å². The number of carbonyl (C=O) groups is 1. The third-order valence-electron chi connectivity index (χ3n) is 4.44. The Morgan fingerprint density at radius 1 is 1.07 bits per heavy atom. The number of nitrogens with zero attached hydrogens (tertiary/aromatic N) is 1. The molecule has 1 aliphatic heterocycles. The number of rotatable bonds is 5. The van der Waals surface area contributed by atoms with Crippen LogP contribution in [-0.2, 0) is 26.0 Å². The lowest BCUT2D eigenvalue weighted by Crippen LogP contribution is -2.48. The Hall–Kier alpha value is -1.93. The summed E-state index contributed by atoms with van der Waals surface area (Å²) in [5.41, 5.74) is 1.39. The molecule has 2 aromatic carbocycles. The monoisotopic (exact) mass is 422 g/mol. The molecule has 0 spiro atoms. The van der Waals surface area contributed by atoms with Gasteiger partial charge < -0.3 is 10.1 Å². The van der Waals surface area contributed by atoms with Gasteiger partial charge in [-0.2, -0.15) is 4.31 Å². The van der Waals surface area contributed by atoms with E-state index in [2.05, 4.69) is 5.32 Å². The van der Waals surface area contributed by atoms with Crippen molar-refractivity contribution in [1.29, 1.82) is 0 Å². The van der Waals surface area contributed by atoms with E-state index in [9.17, 15) is 13.2 Å². The summed E-state index contributed by atoms with van der Waals surface area (Å²) < 4.78 is 32.8. The van der Waals surface area contributed by atoms with Crippen molar-refractivity contribution in [2.45, 2.75) is 37.4 Å². The van der Waals surface area contributed by atoms with Crippen LogP contribution < -0.4 is 5.32 Å². The molecule has 1 N–H and O–H groups in total. The highest BCUT2D eigenvalue weighted by Crippen LogP contribution is 2.22. The molecule has 1 fully saturated rings. The van der Waals surface area contributed by atoms with E-state index < -0.39 is 10.0 Å². The molecule has 150 valence electrons. The summed E-state index contributed by atoms with van der Waals surface area (Å²) in [5.74, 6) is -0.186. The first kappa shape index (κ1) is 20.8. The lowest BCUT2D eigenvalue weighted by Gasteiger charge is -2.34. The molecule has 3 rings (SSSR count). The van der Waals surface area contributed by atoms with Gasteiger partial charge in [0.2, 0.25) is 15.9 Å². The van der Waals surface area contributed by atoms with Gasteiger partial charge in [0.25, 0.3) is 0 Å². The van der Waals surface area contributed by atoms with Crippen LogP contribution in [0.15, 0.2) is 53.4 Å². The number of ether oxygens (including phenoxy) is 1. The van der Waals surface area contributed by atoms with E-state index >= 15 is 0 Å². The molecular weight excluding hydrogens is 400 g/mol. The molecule has 0 saturated carbocycles. The number of hydrogen-bond acceptors (Lipinski definition) is 4. The van der Waals surface area contributed by atoms with Gasteiger partial charge in [-0.3, -0.25) is 4.79 Å². The molecule has 28 heavy (non-hydrogen) atoms. The average Bonchev–Trinajstić information content (AvgIpc) is 2.63. The second-order valence-electron chi connectivity index (χ2n) is 6.96. The number of amides is 1. The van der Waals surface area contributed by atoms with Crippen molar-refractivity contribution in [3.8, 4) is 0 Å². The van der Waals surface area contributed by atoms with Gasteiger partial charge in [0.15, 0.2) is 0 Å². The summed E-state index contributed by atoms with van der Waals surface area (Å²) in [6.45, 7) is 4.37. The lowest BCUT2D eigenvalue weighted by molar-refractivity contribution is -0.115.